The number of hydrogen-bond donors (Lipinski definition) is 0. The molecule has 0 saturated carbocycles. The van der Waals surface area contributed by atoms with Gasteiger partial charge in [0.1, 0.15) is 17.9 Å². The third-order valence-electron chi connectivity index (χ3n) is 7.19. The molecule has 7 nitrogen and oxygen atoms in total. The number of aryl methyl sites for hydroxylation is 1. The summed E-state index contributed by atoms with van der Waals surface area (Å²) >= 11 is 0. The Hall–Kier alpha value is -4.30. The lowest BCUT2D eigenvalue weighted by molar-refractivity contribution is -0.133. The van der Waals surface area contributed by atoms with Crippen LogP contribution >= 0.6 is 0 Å². The van der Waals surface area contributed by atoms with Crippen molar-refractivity contribution in [3.05, 3.63) is 117 Å². The first-order chi connectivity index (χ1) is 19.4. The molecule has 0 bridgehead atoms. The zero-order valence-corrected chi connectivity index (χ0v) is 22.3. The maximum absolute atomic E-state index is 13.9. The zero-order valence-electron chi connectivity index (χ0n) is 22.3. The number of ether oxygens (including phenoxy) is 1. The van der Waals surface area contributed by atoms with E-state index in [-0.39, 0.29) is 55.3 Å². The first-order valence-electron chi connectivity index (χ1n) is 13.4. The average Bonchev–Trinajstić information content (AvgIpc) is 3.48. The van der Waals surface area contributed by atoms with Crippen molar-refractivity contribution in [2.24, 2.45) is 0 Å². The molecule has 206 valence electrons. The third kappa shape index (κ3) is 6.29. The fourth-order valence-corrected chi connectivity index (χ4v) is 4.98. The summed E-state index contributed by atoms with van der Waals surface area (Å²) in [7, 11) is 0. The summed E-state index contributed by atoms with van der Waals surface area (Å²) in [6, 6.07) is 20.1. The largest absolute Gasteiger partial charge is 0.464 e. The van der Waals surface area contributed by atoms with Crippen LogP contribution in [0.2, 0.25) is 0 Å². The second-order valence-corrected chi connectivity index (χ2v) is 10.1. The van der Waals surface area contributed by atoms with Crippen LogP contribution in [-0.2, 0) is 22.6 Å². The maximum Gasteiger partial charge on any atom is 0.254 e. The van der Waals surface area contributed by atoms with Gasteiger partial charge in [-0.1, -0.05) is 42.5 Å². The minimum atomic E-state index is -0.386. The minimum Gasteiger partial charge on any atom is -0.464 e. The van der Waals surface area contributed by atoms with Gasteiger partial charge in [0.25, 0.3) is 5.91 Å². The summed E-state index contributed by atoms with van der Waals surface area (Å²) in [6.07, 6.45) is 2.93. The van der Waals surface area contributed by atoms with E-state index >= 15 is 0 Å². The van der Waals surface area contributed by atoms with Crippen LogP contribution in [0.3, 0.4) is 0 Å². The molecule has 0 N–H and O–H groups in total. The quantitative estimate of drug-likeness (QED) is 0.294. The topological polar surface area (TPSA) is 80.1 Å². The second kappa shape index (κ2) is 12.3. The average molecular weight is 543 g/mol. The fraction of sp³-hybridized carbons (Fsp3) is 0.281. The van der Waals surface area contributed by atoms with Crippen molar-refractivity contribution in [1.82, 2.24) is 9.80 Å². The Morgan fingerprint density at radius 1 is 0.950 bits per heavy atom. The minimum absolute atomic E-state index is 0.0320. The lowest BCUT2D eigenvalue weighted by Crippen LogP contribution is -2.45. The predicted octanol–water partition coefficient (Wildman–Crippen LogP) is 5.09. The van der Waals surface area contributed by atoms with Gasteiger partial charge in [0.05, 0.1) is 29.9 Å². The molecule has 1 aliphatic rings. The van der Waals surface area contributed by atoms with Gasteiger partial charge in [-0.2, -0.15) is 0 Å². The smallest absolute Gasteiger partial charge is 0.254 e. The summed E-state index contributed by atoms with van der Waals surface area (Å²) in [5, 5.41) is 0.420. The van der Waals surface area contributed by atoms with E-state index in [1.807, 2.05) is 19.1 Å². The van der Waals surface area contributed by atoms with E-state index in [0.717, 1.165) is 18.4 Å². The number of hydrogen-bond acceptors (Lipinski definition) is 5. The van der Waals surface area contributed by atoms with Gasteiger partial charge >= 0.3 is 0 Å². The van der Waals surface area contributed by atoms with E-state index in [2.05, 4.69) is 0 Å². The van der Waals surface area contributed by atoms with E-state index in [0.29, 0.717) is 34.3 Å². The second-order valence-electron chi connectivity index (χ2n) is 10.1. The van der Waals surface area contributed by atoms with Gasteiger partial charge in [0.15, 0.2) is 5.43 Å². The lowest BCUT2D eigenvalue weighted by Gasteiger charge is -2.29. The summed E-state index contributed by atoms with van der Waals surface area (Å²) in [4.78, 5) is 43.8. The van der Waals surface area contributed by atoms with Crippen LogP contribution in [0.25, 0.3) is 11.0 Å². The Morgan fingerprint density at radius 3 is 2.45 bits per heavy atom. The Kier molecular flexibility index (Phi) is 8.36. The lowest BCUT2D eigenvalue weighted by atomic mass is 10.1. The van der Waals surface area contributed by atoms with Gasteiger partial charge in [-0.3, -0.25) is 14.4 Å². The molecule has 1 aliphatic heterocycles. The normalized spacial score (nSPS) is 14.8. The number of halogens is 1. The summed E-state index contributed by atoms with van der Waals surface area (Å²) in [6.45, 7) is 2.65. The number of nitrogens with zero attached hydrogens (tertiary/aromatic N) is 2. The third-order valence-corrected chi connectivity index (χ3v) is 7.19. The highest BCUT2D eigenvalue weighted by molar-refractivity contribution is 5.97. The molecule has 2 amide bonds. The number of rotatable bonds is 9. The standard InChI is InChI=1S/C32H31FN2O5/c1-22-7-2-3-9-27(22)32(38)35(19-26-8-6-16-39-26)20-30(36)34(17-23-12-14-25(33)15-13-23)18-24-21-40-29-11-5-4-10-28(29)31(24)37/h2-5,7,9-15,21,26H,6,8,16-20H2,1H3. The molecule has 0 aliphatic carbocycles. The molecule has 0 radical (unpaired) electrons. The zero-order chi connectivity index (χ0) is 28.1. The molecule has 5 rings (SSSR count). The first-order valence-corrected chi connectivity index (χ1v) is 13.4. The Balaban J connectivity index is 1.45. The SMILES string of the molecule is Cc1ccccc1C(=O)N(CC(=O)N(Cc1ccc(F)cc1)Cc1coc2ccccc2c1=O)CC1CCCO1. The number of benzene rings is 3. The highest BCUT2D eigenvalue weighted by Crippen LogP contribution is 2.19. The molecule has 0 spiro atoms. The first kappa shape index (κ1) is 27.3. The van der Waals surface area contributed by atoms with Crippen molar-refractivity contribution in [1.29, 1.82) is 0 Å². The van der Waals surface area contributed by atoms with E-state index < -0.39 is 0 Å². The molecule has 1 fully saturated rings. The van der Waals surface area contributed by atoms with Gasteiger partial charge in [-0.15, -0.1) is 0 Å². The van der Waals surface area contributed by atoms with Crippen molar-refractivity contribution >= 4 is 22.8 Å². The molecule has 2 heterocycles. The van der Waals surface area contributed by atoms with Crippen LogP contribution in [-0.4, -0.2) is 47.4 Å². The van der Waals surface area contributed by atoms with E-state index in [4.69, 9.17) is 9.15 Å². The molecule has 40 heavy (non-hydrogen) atoms. The molecule has 1 aromatic heterocycles. The molecule has 4 aromatic rings. The Labute approximate surface area is 231 Å². The van der Waals surface area contributed by atoms with Crippen LogP contribution < -0.4 is 5.43 Å². The van der Waals surface area contributed by atoms with Crippen LogP contribution in [0, 0.1) is 12.7 Å². The molecular formula is C32H31FN2O5. The van der Waals surface area contributed by atoms with Crippen molar-refractivity contribution in [2.75, 3.05) is 19.7 Å². The molecule has 1 saturated heterocycles. The number of amides is 2. The predicted molar refractivity (Wildman–Crippen MR) is 149 cm³/mol. The van der Waals surface area contributed by atoms with Crippen molar-refractivity contribution < 1.29 is 23.1 Å². The number of para-hydroxylation sites is 1. The molecular weight excluding hydrogens is 511 g/mol. The number of carbonyl (C=O) groups is 2. The molecule has 1 unspecified atom stereocenters. The Morgan fingerprint density at radius 2 is 1.70 bits per heavy atom. The van der Waals surface area contributed by atoms with Crippen molar-refractivity contribution in [3.8, 4) is 0 Å². The van der Waals surface area contributed by atoms with Gasteiger partial charge in [-0.25, -0.2) is 4.39 Å². The van der Waals surface area contributed by atoms with Crippen molar-refractivity contribution in [3.63, 3.8) is 0 Å². The summed E-state index contributed by atoms with van der Waals surface area (Å²) < 4.78 is 25.1. The highest BCUT2D eigenvalue weighted by Gasteiger charge is 2.28. The van der Waals surface area contributed by atoms with Crippen LogP contribution in [0.5, 0.6) is 0 Å². The highest BCUT2D eigenvalue weighted by atomic mass is 19.1. The van der Waals surface area contributed by atoms with Crippen LogP contribution in [0.4, 0.5) is 4.39 Å². The van der Waals surface area contributed by atoms with Crippen LogP contribution in [0.15, 0.2) is 88.3 Å². The van der Waals surface area contributed by atoms with E-state index in [9.17, 15) is 18.8 Å². The molecule has 8 heteroatoms. The number of fused-ring (bicyclic) bond motifs is 1. The van der Waals surface area contributed by atoms with E-state index in [1.165, 1.54) is 28.2 Å². The fourth-order valence-electron chi connectivity index (χ4n) is 4.98. The van der Waals surface area contributed by atoms with Gasteiger partial charge in [0.2, 0.25) is 5.91 Å². The molecule has 3 aromatic carbocycles. The summed E-state index contributed by atoms with van der Waals surface area (Å²) in [5.74, 6) is -0.992. The maximum atomic E-state index is 13.9. The van der Waals surface area contributed by atoms with Gasteiger partial charge in [0, 0.05) is 25.3 Å². The molecule has 1 atom stereocenters. The Bertz CT molecular complexity index is 1560. The van der Waals surface area contributed by atoms with Gasteiger partial charge in [-0.05, 0) is 61.2 Å². The monoisotopic (exact) mass is 542 g/mol. The summed E-state index contributed by atoms with van der Waals surface area (Å²) in [5.41, 5.74) is 2.56. The van der Waals surface area contributed by atoms with Crippen molar-refractivity contribution in [2.45, 2.75) is 39.0 Å². The van der Waals surface area contributed by atoms with Gasteiger partial charge < -0.3 is 19.0 Å². The number of carbonyl (C=O) groups excluding carboxylic acids is 2. The van der Waals surface area contributed by atoms with E-state index in [1.54, 1.807) is 48.5 Å². The van der Waals surface area contributed by atoms with Crippen LogP contribution in [0.1, 0.15) is 39.9 Å².